The third-order valence-corrected chi connectivity index (χ3v) is 5.72. The lowest BCUT2D eigenvalue weighted by atomic mass is 10.3. The van der Waals surface area contributed by atoms with E-state index in [1.165, 1.54) is 12.8 Å². The molecule has 2 aliphatic rings. The Labute approximate surface area is 114 Å². The second-order valence-corrected chi connectivity index (χ2v) is 7.30. The minimum atomic E-state index is -3.45. The molecule has 1 saturated heterocycles. The van der Waals surface area contributed by atoms with Crippen molar-refractivity contribution in [2.24, 2.45) is 0 Å². The first-order valence-electron chi connectivity index (χ1n) is 6.91. The van der Waals surface area contributed by atoms with Gasteiger partial charge in [-0.3, -0.25) is 0 Å². The lowest BCUT2D eigenvalue weighted by molar-refractivity contribution is 0.360. The normalized spacial score (nSPS) is 25.0. The fraction of sp³-hybridized carbons (Fsp3) is 0.692. The van der Waals surface area contributed by atoms with E-state index in [-0.39, 0.29) is 11.1 Å². The minimum absolute atomic E-state index is 0.0724. The maximum atomic E-state index is 12.4. The van der Waals surface area contributed by atoms with Gasteiger partial charge in [-0.25, -0.2) is 8.42 Å². The molecule has 106 valence electrons. The van der Waals surface area contributed by atoms with E-state index < -0.39 is 10.0 Å². The Morgan fingerprint density at radius 3 is 2.79 bits per heavy atom. The molecule has 0 bridgehead atoms. The lowest BCUT2D eigenvalue weighted by Gasteiger charge is -2.18. The van der Waals surface area contributed by atoms with Crippen molar-refractivity contribution in [3.8, 4) is 0 Å². The maximum Gasteiger partial charge on any atom is 0.276 e. The first-order chi connectivity index (χ1) is 9.07. The Morgan fingerprint density at radius 2 is 2.16 bits per heavy atom. The van der Waals surface area contributed by atoms with Crippen molar-refractivity contribution in [3.05, 3.63) is 17.9 Å². The van der Waals surface area contributed by atoms with Gasteiger partial charge in [-0.1, -0.05) is 0 Å². The van der Waals surface area contributed by atoms with Crippen LogP contribution in [0.25, 0.3) is 0 Å². The Balaban J connectivity index is 1.73. The van der Waals surface area contributed by atoms with Crippen LogP contribution in [0.3, 0.4) is 0 Å². The number of nitrogens with zero attached hydrogens (tertiary/aromatic N) is 1. The molecule has 3 rings (SSSR count). The van der Waals surface area contributed by atoms with Crippen molar-refractivity contribution in [1.82, 2.24) is 9.62 Å². The summed E-state index contributed by atoms with van der Waals surface area (Å²) in [5, 5.41) is 3.39. The number of rotatable bonds is 5. The molecule has 1 N–H and O–H groups in total. The second-order valence-electron chi connectivity index (χ2n) is 5.48. The van der Waals surface area contributed by atoms with Gasteiger partial charge in [0.2, 0.25) is 5.09 Å². The maximum absolute atomic E-state index is 12.4. The van der Waals surface area contributed by atoms with Crippen LogP contribution in [0.2, 0.25) is 0 Å². The minimum Gasteiger partial charge on any atom is -0.447 e. The summed E-state index contributed by atoms with van der Waals surface area (Å²) in [7, 11) is -3.45. The number of furan rings is 1. The van der Waals surface area contributed by atoms with Crippen LogP contribution >= 0.6 is 0 Å². The van der Waals surface area contributed by atoms with Crippen LogP contribution in [-0.4, -0.2) is 31.4 Å². The van der Waals surface area contributed by atoms with E-state index in [0.29, 0.717) is 24.9 Å². The summed E-state index contributed by atoms with van der Waals surface area (Å²) >= 11 is 0. The first kappa shape index (κ1) is 13.1. The fourth-order valence-corrected chi connectivity index (χ4v) is 4.14. The van der Waals surface area contributed by atoms with Crippen LogP contribution in [-0.2, 0) is 16.6 Å². The third kappa shape index (κ3) is 2.70. The zero-order chi connectivity index (χ0) is 13.5. The van der Waals surface area contributed by atoms with Crippen LogP contribution in [0.15, 0.2) is 21.6 Å². The topological polar surface area (TPSA) is 62.6 Å². The lowest BCUT2D eigenvalue weighted by Crippen LogP contribution is -2.33. The summed E-state index contributed by atoms with van der Waals surface area (Å²) in [4.78, 5) is 0. The number of nitrogens with one attached hydrogen (secondary N) is 1. The van der Waals surface area contributed by atoms with E-state index in [1.807, 2.05) is 6.92 Å². The Hall–Kier alpha value is -0.850. The molecule has 0 radical (unpaired) electrons. The molecule has 1 aliphatic carbocycles. The molecular formula is C13H20N2O3S. The van der Waals surface area contributed by atoms with Crippen LogP contribution in [0, 0.1) is 0 Å². The van der Waals surface area contributed by atoms with Crippen molar-refractivity contribution in [2.45, 2.75) is 56.3 Å². The van der Waals surface area contributed by atoms with E-state index in [2.05, 4.69) is 5.32 Å². The number of sulfonamides is 1. The monoisotopic (exact) mass is 284 g/mol. The predicted octanol–water partition coefficient (Wildman–Crippen LogP) is 1.70. The van der Waals surface area contributed by atoms with E-state index in [1.54, 1.807) is 16.4 Å². The highest BCUT2D eigenvalue weighted by Gasteiger charge is 2.34. The van der Waals surface area contributed by atoms with Crippen LogP contribution in [0.1, 0.15) is 38.4 Å². The zero-order valence-corrected chi connectivity index (χ0v) is 11.9. The Morgan fingerprint density at radius 1 is 1.37 bits per heavy atom. The van der Waals surface area contributed by atoms with Crippen molar-refractivity contribution in [1.29, 1.82) is 0 Å². The summed E-state index contributed by atoms with van der Waals surface area (Å²) in [5.41, 5.74) is 0. The van der Waals surface area contributed by atoms with Crippen LogP contribution < -0.4 is 5.32 Å². The molecule has 1 aromatic heterocycles. The van der Waals surface area contributed by atoms with Crippen LogP contribution in [0.4, 0.5) is 0 Å². The van der Waals surface area contributed by atoms with E-state index in [0.717, 1.165) is 12.8 Å². The summed E-state index contributed by atoms with van der Waals surface area (Å²) < 4.78 is 31.9. The van der Waals surface area contributed by atoms with Crippen molar-refractivity contribution >= 4 is 10.0 Å². The molecule has 1 aliphatic heterocycles. The van der Waals surface area contributed by atoms with E-state index in [4.69, 9.17) is 4.42 Å². The molecule has 0 spiro atoms. The summed E-state index contributed by atoms with van der Waals surface area (Å²) in [6.07, 6.45) is 4.27. The molecule has 2 heterocycles. The van der Waals surface area contributed by atoms with Crippen LogP contribution in [0.5, 0.6) is 0 Å². The summed E-state index contributed by atoms with van der Waals surface area (Å²) in [6, 6.07) is 3.99. The molecule has 1 aromatic rings. The van der Waals surface area contributed by atoms with Gasteiger partial charge in [0.15, 0.2) is 0 Å². The first-order valence-corrected chi connectivity index (χ1v) is 8.35. The van der Waals surface area contributed by atoms with Gasteiger partial charge in [-0.05, 0) is 44.7 Å². The number of hydrogen-bond acceptors (Lipinski definition) is 4. The van der Waals surface area contributed by atoms with Crippen molar-refractivity contribution in [2.75, 3.05) is 6.54 Å². The molecule has 1 atom stereocenters. The summed E-state index contributed by atoms with van der Waals surface area (Å²) in [5.74, 6) is 0.692. The average molecular weight is 284 g/mol. The molecule has 0 amide bonds. The van der Waals surface area contributed by atoms with Gasteiger partial charge in [-0.2, -0.15) is 4.31 Å². The highest BCUT2D eigenvalue weighted by Crippen LogP contribution is 2.27. The van der Waals surface area contributed by atoms with Gasteiger partial charge < -0.3 is 9.73 Å². The quantitative estimate of drug-likeness (QED) is 0.894. The molecule has 6 heteroatoms. The van der Waals surface area contributed by atoms with Gasteiger partial charge in [0, 0.05) is 18.6 Å². The van der Waals surface area contributed by atoms with Gasteiger partial charge in [0.25, 0.3) is 10.0 Å². The summed E-state index contributed by atoms with van der Waals surface area (Å²) in [6.45, 7) is 3.15. The molecule has 5 nitrogen and oxygen atoms in total. The SMILES string of the molecule is CC1CCCN1S(=O)(=O)c1ccc(CNC2CC2)o1. The zero-order valence-electron chi connectivity index (χ0n) is 11.1. The van der Waals surface area contributed by atoms with Gasteiger partial charge in [0.05, 0.1) is 6.54 Å². The molecule has 1 saturated carbocycles. The van der Waals surface area contributed by atoms with Crippen molar-refractivity contribution in [3.63, 3.8) is 0 Å². The smallest absolute Gasteiger partial charge is 0.276 e. The second kappa shape index (κ2) is 4.92. The van der Waals surface area contributed by atoms with Gasteiger partial charge in [-0.15, -0.1) is 0 Å². The predicted molar refractivity (Wildman–Crippen MR) is 71.2 cm³/mol. The molecule has 0 aromatic carbocycles. The fourth-order valence-electron chi connectivity index (χ4n) is 2.50. The molecule has 19 heavy (non-hydrogen) atoms. The standard InChI is InChI=1S/C13H20N2O3S/c1-10-3-2-8-15(10)19(16,17)13-7-6-12(18-13)9-14-11-4-5-11/h6-7,10-11,14H,2-5,8-9H2,1H3. The highest BCUT2D eigenvalue weighted by atomic mass is 32.2. The third-order valence-electron chi connectivity index (χ3n) is 3.83. The highest BCUT2D eigenvalue weighted by molar-refractivity contribution is 7.89. The Kier molecular flexibility index (Phi) is 3.41. The molecule has 2 fully saturated rings. The largest absolute Gasteiger partial charge is 0.447 e. The van der Waals surface area contributed by atoms with Gasteiger partial charge >= 0.3 is 0 Å². The number of hydrogen-bond donors (Lipinski definition) is 1. The van der Waals surface area contributed by atoms with E-state index in [9.17, 15) is 8.42 Å². The Bertz CT molecular complexity index is 548. The van der Waals surface area contributed by atoms with E-state index >= 15 is 0 Å². The van der Waals surface area contributed by atoms with Gasteiger partial charge in [0.1, 0.15) is 5.76 Å². The molecule has 1 unspecified atom stereocenters. The average Bonchev–Trinajstić information content (AvgIpc) is 2.88. The van der Waals surface area contributed by atoms with Crippen molar-refractivity contribution < 1.29 is 12.8 Å². The molecular weight excluding hydrogens is 264 g/mol.